The van der Waals surface area contributed by atoms with Crippen LogP contribution in [-0.2, 0) is 4.79 Å². The van der Waals surface area contributed by atoms with Crippen molar-refractivity contribution in [3.05, 3.63) is 0 Å². The molecular weight excluding hydrogens is 248 g/mol. The number of carbonyl (C=O) groups excluding carboxylic acids is 1. The molecule has 3 heteroatoms. The van der Waals surface area contributed by atoms with E-state index in [-0.39, 0.29) is 11.9 Å². The van der Waals surface area contributed by atoms with Gasteiger partial charge in [-0.15, -0.1) is 0 Å². The second-order valence-electron chi connectivity index (χ2n) is 7.01. The molecule has 3 nitrogen and oxygen atoms in total. The van der Waals surface area contributed by atoms with Crippen molar-refractivity contribution in [1.82, 2.24) is 10.6 Å². The first-order chi connectivity index (χ1) is 9.61. The summed E-state index contributed by atoms with van der Waals surface area (Å²) in [5.41, 5.74) is 0. The summed E-state index contributed by atoms with van der Waals surface area (Å²) in [6, 6.07) is 0.410. The Morgan fingerprint density at radius 3 is 2.60 bits per heavy atom. The minimum absolute atomic E-state index is 0.0641. The SMILES string of the molecule is CCCCCNC(=O)C(C)NC(C)C1C[C@@H]2CC[C@H]1C2. The Hall–Kier alpha value is -0.570. The Morgan fingerprint density at radius 1 is 1.20 bits per heavy atom. The number of nitrogens with one attached hydrogen (secondary N) is 2. The zero-order chi connectivity index (χ0) is 14.5. The van der Waals surface area contributed by atoms with Crippen LogP contribution in [0.15, 0.2) is 0 Å². The molecule has 0 aromatic heterocycles. The second kappa shape index (κ2) is 7.44. The predicted molar refractivity (Wildman–Crippen MR) is 83.5 cm³/mol. The molecule has 2 aliphatic carbocycles. The number of hydrogen-bond donors (Lipinski definition) is 2. The molecule has 0 aromatic carbocycles. The van der Waals surface area contributed by atoms with Crippen LogP contribution in [0.1, 0.15) is 65.7 Å². The first kappa shape index (κ1) is 15.8. The molecular formula is C17H32N2O. The van der Waals surface area contributed by atoms with Crippen LogP contribution in [0.3, 0.4) is 0 Å². The number of carbonyl (C=O) groups is 1. The number of unbranched alkanes of at least 4 members (excludes halogenated alkanes) is 2. The summed E-state index contributed by atoms with van der Waals surface area (Å²) in [5.74, 6) is 2.86. The smallest absolute Gasteiger partial charge is 0.236 e. The van der Waals surface area contributed by atoms with Gasteiger partial charge in [0.1, 0.15) is 0 Å². The van der Waals surface area contributed by atoms with Gasteiger partial charge in [-0.2, -0.15) is 0 Å². The Kier molecular flexibility index (Phi) is 5.88. The van der Waals surface area contributed by atoms with E-state index in [0.29, 0.717) is 6.04 Å². The second-order valence-corrected chi connectivity index (χ2v) is 7.01. The van der Waals surface area contributed by atoms with Gasteiger partial charge < -0.3 is 10.6 Å². The zero-order valence-corrected chi connectivity index (χ0v) is 13.5. The fourth-order valence-electron chi connectivity index (χ4n) is 4.24. The van der Waals surface area contributed by atoms with E-state index >= 15 is 0 Å². The van der Waals surface area contributed by atoms with Gasteiger partial charge in [0.2, 0.25) is 5.91 Å². The predicted octanol–water partition coefficient (Wildman–Crippen LogP) is 3.10. The van der Waals surface area contributed by atoms with Crippen molar-refractivity contribution in [2.75, 3.05) is 6.54 Å². The van der Waals surface area contributed by atoms with Gasteiger partial charge in [-0.1, -0.05) is 26.2 Å². The molecule has 2 N–H and O–H groups in total. The summed E-state index contributed by atoms with van der Waals surface area (Å²) >= 11 is 0. The lowest BCUT2D eigenvalue weighted by molar-refractivity contribution is -0.123. The van der Waals surface area contributed by atoms with Crippen LogP contribution in [0, 0.1) is 17.8 Å². The highest BCUT2D eigenvalue weighted by Gasteiger charge is 2.42. The molecule has 0 aromatic rings. The highest BCUT2D eigenvalue weighted by atomic mass is 16.2. The minimum atomic E-state index is -0.0641. The molecule has 3 unspecified atom stereocenters. The van der Waals surface area contributed by atoms with Crippen LogP contribution >= 0.6 is 0 Å². The van der Waals surface area contributed by atoms with Crippen LogP contribution < -0.4 is 10.6 Å². The van der Waals surface area contributed by atoms with Crippen LogP contribution in [0.5, 0.6) is 0 Å². The standard InChI is InChI=1S/C17H32N2O/c1-4-5-6-9-18-17(20)13(3)19-12(2)16-11-14-7-8-15(16)10-14/h12-16,19H,4-11H2,1-3H3,(H,18,20)/t12?,13?,14-,15+,16?/m1/s1. The lowest BCUT2D eigenvalue weighted by Gasteiger charge is -2.30. The van der Waals surface area contributed by atoms with E-state index in [1.165, 1.54) is 38.5 Å². The third kappa shape index (κ3) is 3.97. The quantitative estimate of drug-likeness (QED) is 0.671. The zero-order valence-electron chi connectivity index (χ0n) is 13.5. The topological polar surface area (TPSA) is 41.1 Å². The molecule has 5 atom stereocenters. The largest absolute Gasteiger partial charge is 0.355 e. The number of rotatable bonds is 8. The summed E-state index contributed by atoms with van der Waals surface area (Å²) in [5, 5.41) is 6.58. The molecule has 2 fully saturated rings. The van der Waals surface area contributed by atoms with Gasteiger partial charge in [0.05, 0.1) is 6.04 Å². The van der Waals surface area contributed by atoms with Gasteiger partial charge in [-0.05, 0) is 57.3 Å². The third-order valence-corrected chi connectivity index (χ3v) is 5.42. The van der Waals surface area contributed by atoms with Gasteiger partial charge in [0.15, 0.2) is 0 Å². The maximum Gasteiger partial charge on any atom is 0.236 e. The normalized spacial score (nSPS) is 31.2. The monoisotopic (exact) mass is 280 g/mol. The van der Waals surface area contributed by atoms with Crippen molar-refractivity contribution in [2.45, 2.75) is 77.8 Å². The Morgan fingerprint density at radius 2 is 2.00 bits per heavy atom. The van der Waals surface area contributed by atoms with Gasteiger partial charge in [0, 0.05) is 12.6 Å². The maximum atomic E-state index is 12.0. The molecule has 0 aliphatic heterocycles. The Balaban J connectivity index is 1.68. The fraction of sp³-hybridized carbons (Fsp3) is 0.941. The highest BCUT2D eigenvalue weighted by molar-refractivity contribution is 5.81. The number of hydrogen-bond acceptors (Lipinski definition) is 2. The van der Waals surface area contributed by atoms with Crippen LogP contribution in [0.25, 0.3) is 0 Å². The van der Waals surface area contributed by atoms with Gasteiger partial charge in [-0.3, -0.25) is 4.79 Å². The Labute approximate surface area is 124 Å². The summed E-state index contributed by atoms with van der Waals surface area (Å²) in [6.07, 6.45) is 9.17. The van der Waals surface area contributed by atoms with Crippen molar-refractivity contribution in [3.63, 3.8) is 0 Å². The van der Waals surface area contributed by atoms with Crippen molar-refractivity contribution in [3.8, 4) is 0 Å². The van der Waals surface area contributed by atoms with Crippen molar-refractivity contribution in [1.29, 1.82) is 0 Å². The fourth-order valence-corrected chi connectivity index (χ4v) is 4.24. The molecule has 0 heterocycles. The van der Waals surface area contributed by atoms with E-state index in [4.69, 9.17) is 0 Å². The average molecular weight is 280 g/mol. The van der Waals surface area contributed by atoms with E-state index < -0.39 is 0 Å². The van der Waals surface area contributed by atoms with Crippen molar-refractivity contribution >= 4 is 5.91 Å². The van der Waals surface area contributed by atoms with Crippen LogP contribution in [0.2, 0.25) is 0 Å². The van der Waals surface area contributed by atoms with Gasteiger partial charge in [-0.25, -0.2) is 0 Å². The molecule has 0 spiro atoms. The molecule has 20 heavy (non-hydrogen) atoms. The van der Waals surface area contributed by atoms with Gasteiger partial charge >= 0.3 is 0 Å². The number of fused-ring (bicyclic) bond motifs is 2. The molecule has 2 saturated carbocycles. The highest BCUT2D eigenvalue weighted by Crippen LogP contribution is 2.49. The summed E-state index contributed by atoms with van der Waals surface area (Å²) in [4.78, 5) is 12.0. The molecule has 0 radical (unpaired) electrons. The molecule has 1 amide bonds. The average Bonchev–Trinajstić information content (AvgIpc) is 3.05. The lowest BCUT2D eigenvalue weighted by atomic mass is 9.84. The van der Waals surface area contributed by atoms with Crippen molar-refractivity contribution in [2.24, 2.45) is 17.8 Å². The molecule has 2 rings (SSSR count). The lowest BCUT2D eigenvalue weighted by Crippen LogP contribution is -2.48. The molecule has 0 saturated heterocycles. The van der Waals surface area contributed by atoms with E-state index in [1.54, 1.807) is 0 Å². The first-order valence-corrected chi connectivity index (χ1v) is 8.65. The molecule has 2 bridgehead atoms. The summed E-state index contributed by atoms with van der Waals surface area (Å²) in [6.45, 7) is 7.27. The molecule has 2 aliphatic rings. The van der Waals surface area contributed by atoms with Crippen LogP contribution in [0.4, 0.5) is 0 Å². The summed E-state index contributed by atoms with van der Waals surface area (Å²) in [7, 11) is 0. The summed E-state index contributed by atoms with van der Waals surface area (Å²) < 4.78 is 0. The van der Waals surface area contributed by atoms with Gasteiger partial charge in [0.25, 0.3) is 0 Å². The van der Waals surface area contributed by atoms with E-state index in [0.717, 1.165) is 30.7 Å². The third-order valence-electron chi connectivity index (χ3n) is 5.42. The van der Waals surface area contributed by atoms with Crippen LogP contribution in [-0.4, -0.2) is 24.5 Å². The maximum absolute atomic E-state index is 12.0. The van der Waals surface area contributed by atoms with Crippen molar-refractivity contribution < 1.29 is 4.79 Å². The minimum Gasteiger partial charge on any atom is -0.355 e. The van der Waals surface area contributed by atoms with E-state index in [9.17, 15) is 4.79 Å². The van der Waals surface area contributed by atoms with E-state index in [2.05, 4.69) is 24.5 Å². The Bertz CT molecular complexity index is 318. The molecule has 116 valence electrons. The van der Waals surface area contributed by atoms with E-state index in [1.807, 2.05) is 6.92 Å². The number of amides is 1. The first-order valence-electron chi connectivity index (χ1n) is 8.65.